The summed E-state index contributed by atoms with van der Waals surface area (Å²) in [5.74, 6) is -0.924. The maximum Gasteiger partial charge on any atom is 0.335 e. The summed E-state index contributed by atoms with van der Waals surface area (Å²) in [7, 11) is 0. The summed E-state index contributed by atoms with van der Waals surface area (Å²) in [5, 5.41) is 8.72. The predicted octanol–water partition coefficient (Wildman–Crippen LogP) is 4.22. The van der Waals surface area contributed by atoms with Gasteiger partial charge in [-0.3, -0.25) is 4.99 Å². The summed E-state index contributed by atoms with van der Waals surface area (Å²) < 4.78 is 0. The molecular formula is C14H21NO2. The number of hydrogen-bond donors (Lipinski definition) is 1. The van der Waals surface area contributed by atoms with E-state index in [0.717, 1.165) is 5.56 Å². The largest absolute Gasteiger partial charge is 0.478 e. The second-order valence-corrected chi connectivity index (χ2v) is 3.69. The third-order valence-corrected chi connectivity index (χ3v) is 2.22. The van der Waals surface area contributed by atoms with E-state index in [0.29, 0.717) is 5.69 Å². The predicted molar refractivity (Wildman–Crippen MR) is 72.5 cm³/mol. The van der Waals surface area contributed by atoms with Gasteiger partial charge in [0.25, 0.3) is 0 Å². The van der Waals surface area contributed by atoms with E-state index < -0.39 is 5.97 Å². The van der Waals surface area contributed by atoms with Crippen molar-refractivity contribution in [3.63, 3.8) is 0 Å². The molecule has 0 bridgehead atoms. The first kappa shape index (κ1) is 15.4. The van der Waals surface area contributed by atoms with Crippen molar-refractivity contribution < 1.29 is 9.90 Å². The Balaban J connectivity index is 0.000000557. The normalized spacial score (nSPS) is 9.88. The molecule has 0 atom stereocenters. The minimum atomic E-state index is -0.924. The number of carboxylic acid groups (broad SMARTS) is 1. The molecule has 0 saturated heterocycles. The first-order chi connectivity index (χ1) is 8.06. The fourth-order valence-electron chi connectivity index (χ4n) is 1.02. The lowest BCUT2D eigenvalue weighted by Crippen LogP contribution is -1.95. The third kappa shape index (κ3) is 5.85. The lowest BCUT2D eigenvalue weighted by Gasteiger charge is -2.00. The zero-order valence-corrected chi connectivity index (χ0v) is 11.0. The topological polar surface area (TPSA) is 49.7 Å². The highest BCUT2D eigenvalue weighted by molar-refractivity contribution is 5.89. The van der Waals surface area contributed by atoms with Crippen LogP contribution in [-0.2, 0) is 0 Å². The van der Waals surface area contributed by atoms with E-state index in [-0.39, 0.29) is 5.56 Å². The standard InChI is InChI=1S/C10H11NO2.C4H10/c1-3-11-9-6-8(10(12)13)5-4-7(9)2;1-3-4-2/h3-6H,1-2H3,(H,12,13);3-4H2,1-2H3. The molecule has 0 aliphatic carbocycles. The van der Waals surface area contributed by atoms with Gasteiger partial charge in [-0.1, -0.05) is 32.8 Å². The molecule has 94 valence electrons. The Bertz CT molecular complexity index is 382. The Morgan fingerprint density at radius 1 is 1.35 bits per heavy atom. The molecule has 1 aromatic rings. The number of aryl methyl sites for hydroxylation is 1. The van der Waals surface area contributed by atoms with Gasteiger partial charge in [-0.15, -0.1) is 0 Å². The molecule has 0 radical (unpaired) electrons. The highest BCUT2D eigenvalue weighted by atomic mass is 16.4. The Hall–Kier alpha value is -1.64. The summed E-state index contributed by atoms with van der Waals surface area (Å²) in [4.78, 5) is 14.7. The van der Waals surface area contributed by atoms with Crippen LogP contribution in [0.2, 0.25) is 0 Å². The molecule has 0 aromatic heterocycles. The first-order valence-corrected chi connectivity index (χ1v) is 5.89. The van der Waals surface area contributed by atoms with E-state index in [2.05, 4.69) is 18.8 Å². The Kier molecular flexibility index (Phi) is 7.68. The summed E-state index contributed by atoms with van der Waals surface area (Å²) in [6, 6.07) is 4.90. The van der Waals surface area contributed by atoms with Gasteiger partial charge in [0.1, 0.15) is 0 Å². The zero-order valence-electron chi connectivity index (χ0n) is 11.0. The van der Waals surface area contributed by atoms with E-state index in [4.69, 9.17) is 5.11 Å². The smallest absolute Gasteiger partial charge is 0.335 e. The van der Waals surface area contributed by atoms with Crippen LogP contribution in [-0.4, -0.2) is 17.3 Å². The van der Waals surface area contributed by atoms with Crippen LogP contribution in [0.15, 0.2) is 23.2 Å². The maximum atomic E-state index is 10.6. The minimum absolute atomic E-state index is 0.270. The minimum Gasteiger partial charge on any atom is -0.478 e. The van der Waals surface area contributed by atoms with Gasteiger partial charge in [0, 0.05) is 6.21 Å². The highest BCUT2D eigenvalue weighted by Crippen LogP contribution is 2.19. The van der Waals surface area contributed by atoms with Crippen molar-refractivity contribution in [1.82, 2.24) is 0 Å². The fraction of sp³-hybridized carbons (Fsp3) is 0.429. The van der Waals surface area contributed by atoms with Crippen molar-refractivity contribution in [2.24, 2.45) is 4.99 Å². The molecule has 0 aliphatic heterocycles. The van der Waals surface area contributed by atoms with Crippen molar-refractivity contribution in [1.29, 1.82) is 0 Å². The van der Waals surface area contributed by atoms with Crippen molar-refractivity contribution in [3.8, 4) is 0 Å². The molecule has 0 spiro atoms. The second-order valence-electron chi connectivity index (χ2n) is 3.69. The van der Waals surface area contributed by atoms with Crippen molar-refractivity contribution in [3.05, 3.63) is 29.3 Å². The lowest BCUT2D eigenvalue weighted by molar-refractivity contribution is 0.0697. The molecular weight excluding hydrogens is 214 g/mol. The lowest BCUT2D eigenvalue weighted by atomic mass is 10.1. The number of aromatic carboxylic acids is 1. The summed E-state index contributed by atoms with van der Waals surface area (Å²) in [6.45, 7) is 8.06. The number of carbonyl (C=O) groups is 1. The van der Waals surface area contributed by atoms with Gasteiger partial charge < -0.3 is 5.11 Å². The van der Waals surface area contributed by atoms with Crippen LogP contribution in [0.5, 0.6) is 0 Å². The van der Waals surface area contributed by atoms with Gasteiger partial charge in [-0.25, -0.2) is 4.79 Å². The third-order valence-electron chi connectivity index (χ3n) is 2.22. The fourth-order valence-corrected chi connectivity index (χ4v) is 1.02. The molecule has 1 rings (SSSR count). The molecule has 3 nitrogen and oxygen atoms in total. The maximum absolute atomic E-state index is 10.6. The van der Waals surface area contributed by atoms with Crippen LogP contribution in [0.1, 0.15) is 49.5 Å². The number of carboxylic acids is 1. The van der Waals surface area contributed by atoms with Crippen molar-refractivity contribution in [2.75, 3.05) is 0 Å². The molecule has 17 heavy (non-hydrogen) atoms. The molecule has 0 heterocycles. The second kappa shape index (κ2) is 8.50. The Morgan fingerprint density at radius 3 is 2.35 bits per heavy atom. The molecule has 1 N–H and O–H groups in total. The van der Waals surface area contributed by atoms with Crippen LogP contribution in [0.4, 0.5) is 5.69 Å². The van der Waals surface area contributed by atoms with Crippen molar-refractivity contribution in [2.45, 2.75) is 40.5 Å². The van der Waals surface area contributed by atoms with E-state index >= 15 is 0 Å². The first-order valence-electron chi connectivity index (χ1n) is 5.89. The Morgan fingerprint density at radius 2 is 1.94 bits per heavy atom. The summed E-state index contributed by atoms with van der Waals surface area (Å²) >= 11 is 0. The molecule has 3 heteroatoms. The molecule has 0 amide bonds. The number of unbranched alkanes of at least 4 members (excludes halogenated alkanes) is 1. The van der Waals surface area contributed by atoms with Crippen LogP contribution in [0.3, 0.4) is 0 Å². The Labute approximate surface area is 103 Å². The highest BCUT2D eigenvalue weighted by Gasteiger charge is 2.04. The van der Waals surface area contributed by atoms with Gasteiger partial charge in [0.15, 0.2) is 0 Å². The van der Waals surface area contributed by atoms with Crippen LogP contribution in [0, 0.1) is 6.92 Å². The van der Waals surface area contributed by atoms with Crippen LogP contribution < -0.4 is 0 Å². The number of hydrogen-bond acceptors (Lipinski definition) is 2. The van der Waals surface area contributed by atoms with E-state index in [9.17, 15) is 4.79 Å². The van der Waals surface area contributed by atoms with Gasteiger partial charge >= 0.3 is 5.97 Å². The van der Waals surface area contributed by atoms with Gasteiger partial charge in [-0.05, 0) is 31.5 Å². The molecule has 0 aliphatic rings. The summed E-state index contributed by atoms with van der Waals surface area (Å²) in [5.41, 5.74) is 1.96. The van der Waals surface area contributed by atoms with Gasteiger partial charge in [0.2, 0.25) is 0 Å². The molecule has 0 saturated carbocycles. The van der Waals surface area contributed by atoms with Crippen LogP contribution in [0.25, 0.3) is 0 Å². The van der Waals surface area contributed by atoms with E-state index in [1.54, 1.807) is 31.3 Å². The molecule has 0 unspecified atom stereocenters. The monoisotopic (exact) mass is 235 g/mol. The van der Waals surface area contributed by atoms with Gasteiger partial charge in [-0.2, -0.15) is 0 Å². The van der Waals surface area contributed by atoms with E-state index in [1.165, 1.54) is 12.8 Å². The SMILES string of the molecule is CC=Nc1cc(C(=O)O)ccc1C.CCCC. The number of rotatable bonds is 3. The number of benzene rings is 1. The molecule has 1 aromatic carbocycles. The average Bonchev–Trinajstić information content (AvgIpc) is 2.32. The average molecular weight is 235 g/mol. The van der Waals surface area contributed by atoms with Gasteiger partial charge in [0.05, 0.1) is 11.3 Å². The molecule has 0 fully saturated rings. The number of nitrogens with zero attached hydrogens (tertiary/aromatic N) is 1. The number of aliphatic imine (C=N–C) groups is 1. The summed E-state index contributed by atoms with van der Waals surface area (Å²) in [6.07, 6.45) is 4.29. The van der Waals surface area contributed by atoms with E-state index in [1.807, 2.05) is 6.92 Å². The van der Waals surface area contributed by atoms with Crippen LogP contribution >= 0.6 is 0 Å². The quantitative estimate of drug-likeness (QED) is 0.797. The van der Waals surface area contributed by atoms with Crippen molar-refractivity contribution >= 4 is 17.9 Å². The zero-order chi connectivity index (χ0) is 13.3.